The molecule has 0 saturated carbocycles. The van der Waals surface area contributed by atoms with Crippen molar-refractivity contribution >= 4 is 48.6 Å². The summed E-state index contributed by atoms with van der Waals surface area (Å²) >= 11 is 12.0. The Labute approximate surface area is 139 Å². The van der Waals surface area contributed by atoms with Crippen molar-refractivity contribution in [2.45, 2.75) is 10.7 Å². The Bertz CT molecular complexity index is 675. The first kappa shape index (κ1) is 14.9. The number of carbonyl (C=O) groups excluding carboxylic acids is 1. The summed E-state index contributed by atoms with van der Waals surface area (Å²) in [5, 5.41) is 0.964. The zero-order valence-corrected chi connectivity index (χ0v) is 14.2. The van der Waals surface area contributed by atoms with E-state index in [1.54, 1.807) is 12.1 Å². The summed E-state index contributed by atoms with van der Waals surface area (Å²) < 4.78 is 5.82. The average Bonchev–Trinajstić information content (AvgIpc) is 2.85. The summed E-state index contributed by atoms with van der Waals surface area (Å²) in [4.78, 5) is 12.4. The number of esters is 1. The molecule has 2 nitrogen and oxygen atoms in total. The van der Waals surface area contributed by atoms with Crippen molar-refractivity contribution < 1.29 is 9.53 Å². The first-order chi connectivity index (χ1) is 10.1. The third-order valence-electron chi connectivity index (χ3n) is 3.44. The second kappa shape index (κ2) is 6.02. The molecule has 1 atom stereocenters. The van der Waals surface area contributed by atoms with Gasteiger partial charge in [-0.25, -0.2) is 0 Å². The Hall–Kier alpha value is -0.991. The monoisotopic (exact) mass is 386 g/mol. The third-order valence-corrected chi connectivity index (χ3v) is 7.25. The van der Waals surface area contributed by atoms with Crippen LogP contribution in [0.15, 0.2) is 48.5 Å². The normalized spacial score (nSPS) is 21.3. The van der Waals surface area contributed by atoms with Gasteiger partial charge in [-0.2, -0.15) is 0 Å². The van der Waals surface area contributed by atoms with E-state index >= 15 is 0 Å². The standard InChI is InChI=1S/C16H12Cl2O2Se/c17-13-7-6-11(10-14(13)18)16(8-9-20-15(16)19)21-12-4-2-1-3-5-12/h1-7,10H,8-9H2. The molecule has 0 aliphatic carbocycles. The van der Waals surface area contributed by atoms with Gasteiger partial charge < -0.3 is 0 Å². The summed E-state index contributed by atoms with van der Waals surface area (Å²) in [5.74, 6) is -0.162. The summed E-state index contributed by atoms with van der Waals surface area (Å²) in [7, 11) is 0. The van der Waals surface area contributed by atoms with Crippen LogP contribution in [0.5, 0.6) is 0 Å². The maximum absolute atomic E-state index is 12.4. The molecule has 5 heteroatoms. The molecule has 1 heterocycles. The van der Waals surface area contributed by atoms with Crippen LogP contribution in [-0.2, 0) is 13.8 Å². The van der Waals surface area contributed by atoms with Crippen LogP contribution in [0.4, 0.5) is 0 Å². The van der Waals surface area contributed by atoms with Crippen molar-refractivity contribution in [3.63, 3.8) is 0 Å². The Morgan fingerprint density at radius 3 is 2.43 bits per heavy atom. The second-order valence-electron chi connectivity index (χ2n) is 4.76. The van der Waals surface area contributed by atoms with Crippen LogP contribution >= 0.6 is 23.2 Å². The molecule has 2 aromatic rings. The van der Waals surface area contributed by atoms with Crippen LogP contribution in [-0.4, -0.2) is 27.5 Å². The molecule has 108 valence electrons. The third kappa shape index (κ3) is 2.84. The molecule has 1 fully saturated rings. The van der Waals surface area contributed by atoms with Gasteiger partial charge in [0.2, 0.25) is 0 Å². The number of ether oxygens (including phenoxy) is 1. The van der Waals surface area contributed by atoms with Crippen molar-refractivity contribution in [3.05, 3.63) is 64.1 Å². The Kier molecular flexibility index (Phi) is 4.28. The first-order valence-electron chi connectivity index (χ1n) is 6.49. The van der Waals surface area contributed by atoms with Crippen LogP contribution < -0.4 is 4.46 Å². The van der Waals surface area contributed by atoms with E-state index < -0.39 is 4.31 Å². The Morgan fingerprint density at radius 2 is 1.81 bits per heavy atom. The number of cyclic esters (lactones) is 1. The predicted molar refractivity (Wildman–Crippen MR) is 85.5 cm³/mol. The number of hydrogen-bond donors (Lipinski definition) is 0. The maximum atomic E-state index is 12.4. The van der Waals surface area contributed by atoms with Crippen molar-refractivity contribution in [3.8, 4) is 0 Å². The molecule has 1 aliphatic rings. The van der Waals surface area contributed by atoms with Crippen molar-refractivity contribution in [1.29, 1.82) is 0 Å². The topological polar surface area (TPSA) is 26.3 Å². The summed E-state index contributed by atoms with van der Waals surface area (Å²) in [6.07, 6.45) is 0.679. The number of benzene rings is 2. The fourth-order valence-electron chi connectivity index (χ4n) is 2.36. The van der Waals surface area contributed by atoms with Gasteiger partial charge in [0.15, 0.2) is 0 Å². The molecule has 0 amide bonds. The molecular weight excluding hydrogens is 374 g/mol. The van der Waals surface area contributed by atoms with Gasteiger partial charge in [-0.05, 0) is 0 Å². The minimum atomic E-state index is -0.609. The SMILES string of the molecule is O=C1OCCC1([Se]c1ccccc1)c1ccc(Cl)c(Cl)c1. The molecule has 1 unspecified atom stereocenters. The van der Waals surface area contributed by atoms with E-state index in [1.165, 1.54) is 0 Å². The molecule has 0 spiro atoms. The van der Waals surface area contributed by atoms with Crippen LogP contribution in [0.3, 0.4) is 0 Å². The van der Waals surface area contributed by atoms with Crippen molar-refractivity contribution in [2.75, 3.05) is 6.61 Å². The molecule has 3 rings (SSSR count). The van der Waals surface area contributed by atoms with Gasteiger partial charge >= 0.3 is 140 Å². The molecule has 1 aliphatic heterocycles. The predicted octanol–water partition coefficient (Wildman–Crippen LogP) is 3.17. The van der Waals surface area contributed by atoms with E-state index in [0.29, 0.717) is 23.1 Å². The molecular formula is C16H12Cl2O2Se. The van der Waals surface area contributed by atoms with E-state index in [4.69, 9.17) is 27.9 Å². The summed E-state index contributed by atoms with van der Waals surface area (Å²) in [5.41, 5.74) is 0.892. The Balaban J connectivity index is 2.05. The van der Waals surface area contributed by atoms with Gasteiger partial charge in [-0.3, -0.25) is 0 Å². The van der Waals surface area contributed by atoms with Gasteiger partial charge in [0.25, 0.3) is 0 Å². The van der Waals surface area contributed by atoms with E-state index in [9.17, 15) is 4.79 Å². The first-order valence-corrected chi connectivity index (χ1v) is 8.95. The fourth-order valence-corrected chi connectivity index (χ4v) is 5.32. The quantitative estimate of drug-likeness (QED) is 0.599. The second-order valence-corrected chi connectivity index (χ2v) is 8.45. The number of carbonyl (C=O) groups is 1. The van der Waals surface area contributed by atoms with Crippen molar-refractivity contribution in [1.82, 2.24) is 0 Å². The molecule has 1 saturated heterocycles. The zero-order chi connectivity index (χ0) is 14.9. The number of hydrogen-bond acceptors (Lipinski definition) is 2. The minimum absolute atomic E-state index is 0.0704. The van der Waals surface area contributed by atoms with E-state index in [-0.39, 0.29) is 20.9 Å². The summed E-state index contributed by atoms with van der Waals surface area (Å²) in [6, 6.07) is 15.5. The molecule has 0 N–H and O–H groups in total. The number of rotatable bonds is 3. The van der Waals surface area contributed by atoms with Crippen molar-refractivity contribution in [2.24, 2.45) is 0 Å². The molecule has 0 bridgehead atoms. The van der Waals surface area contributed by atoms with E-state index in [1.807, 2.05) is 36.4 Å². The van der Waals surface area contributed by atoms with Crippen LogP contribution in [0.25, 0.3) is 0 Å². The molecule has 0 aromatic heterocycles. The van der Waals surface area contributed by atoms with Gasteiger partial charge in [0.1, 0.15) is 0 Å². The average molecular weight is 386 g/mol. The van der Waals surface area contributed by atoms with Gasteiger partial charge in [0, 0.05) is 0 Å². The molecule has 2 aromatic carbocycles. The zero-order valence-electron chi connectivity index (χ0n) is 11.0. The van der Waals surface area contributed by atoms with E-state index in [0.717, 1.165) is 10.0 Å². The van der Waals surface area contributed by atoms with Crippen LogP contribution in [0.2, 0.25) is 10.0 Å². The molecule has 0 radical (unpaired) electrons. The fraction of sp³-hybridized carbons (Fsp3) is 0.188. The van der Waals surface area contributed by atoms with E-state index in [2.05, 4.69) is 0 Å². The van der Waals surface area contributed by atoms with Crippen LogP contribution in [0, 0.1) is 0 Å². The van der Waals surface area contributed by atoms with Gasteiger partial charge in [-0.1, -0.05) is 0 Å². The summed E-state index contributed by atoms with van der Waals surface area (Å²) in [6.45, 7) is 0.452. The van der Waals surface area contributed by atoms with Crippen LogP contribution in [0.1, 0.15) is 12.0 Å². The number of halogens is 2. The van der Waals surface area contributed by atoms with Gasteiger partial charge in [-0.15, -0.1) is 0 Å². The van der Waals surface area contributed by atoms with Gasteiger partial charge in [0.05, 0.1) is 0 Å². The molecule has 21 heavy (non-hydrogen) atoms. The Morgan fingerprint density at radius 1 is 1.05 bits per heavy atom.